The molecule has 1 heterocycles. The van der Waals surface area contributed by atoms with Gasteiger partial charge < -0.3 is 5.11 Å². The molecule has 1 aromatic heterocycles. The van der Waals surface area contributed by atoms with E-state index in [0.717, 1.165) is 0 Å². The number of hydrogen-bond acceptors (Lipinski definition) is 3. The second-order valence-corrected chi connectivity index (χ2v) is 4.68. The van der Waals surface area contributed by atoms with Gasteiger partial charge in [-0.15, -0.1) is 5.10 Å². The van der Waals surface area contributed by atoms with Crippen LogP contribution in [0.4, 0.5) is 0 Å². The lowest BCUT2D eigenvalue weighted by Crippen LogP contribution is -2.03. The molecule has 18 heavy (non-hydrogen) atoms. The molecule has 0 fully saturated rings. The third-order valence-electron chi connectivity index (χ3n) is 2.32. The van der Waals surface area contributed by atoms with Gasteiger partial charge in [-0.25, -0.2) is 9.48 Å². The molecule has 8 heteroatoms. The number of benzene rings is 1. The molecule has 94 valence electrons. The van der Waals surface area contributed by atoms with Crippen molar-refractivity contribution < 1.29 is 9.90 Å². The van der Waals surface area contributed by atoms with Crippen LogP contribution in [0.1, 0.15) is 16.2 Å². The van der Waals surface area contributed by atoms with E-state index in [2.05, 4.69) is 10.3 Å². The van der Waals surface area contributed by atoms with Crippen LogP contribution < -0.4 is 0 Å². The number of halogens is 3. The topological polar surface area (TPSA) is 68.0 Å². The summed E-state index contributed by atoms with van der Waals surface area (Å²) in [6.07, 6.45) is 0. The molecule has 0 aliphatic carbocycles. The number of rotatable bonds is 2. The van der Waals surface area contributed by atoms with Crippen molar-refractivity contribution in [2.45, 2.75) is 6.92 Å². The van der Waals surface area contributed by atoms with Crippen molar-refractivity contribution in [3.63, 3.8) is 0 Å². The van der Waals surface area contributed by atoms with E-state index in [1.54, 1.807) is 6.92 Å². The Morgan fingerprint density at radius 1 is 1.22 bits per heavy atom. The number of aromatic nitrogens is 3. The lowest BCUT2D eigenvalue weighted by atomic mass is 10.3. The molecule has 0 amide bonds. The summed E-state index contributed by atoms with van der Waals surface area (Å²) < 4.78 is 1.30. The van der Waals surface area contributed by atoms with Crippen LogP contribution in [0.25, 0.3) is 5.69 Å². The lowest BCUT2D eigenvalue weighted by molar-refractivity contribution is 0.0689. The largest absolute Gasteiger partial charge is 0.476 e. The summed E-state index contributed by atoms with van der Waals surface area (Å²) in [4.78, 5) is 10.9. The average molecular weight is 307 g/mol. The Hall–Kier alpha value is -1.30. The summed E-state index contributed by atoms with van der Waals surface area (Å²) in [6, 6.07) is 2.96. The van der Waals surface area contributed by atoms with Crippen LogP contribution in [0.15, 0.2) is 12.1 Å². The molecule has 2 rings (SSSR count). The van der Waals surface area contributed by atoms with E-state index in [4.69, 9.17) is 39.9 Å². The number of aromatic carboxylic acids is 1. The molecule has 5 nitrogen and oxygen atoms in total. The van der Waals surface area contributed by atoms with Crippen molar-refractivity contribution in [2.24, 2.45) is 0 Å². The Balaban J connectivity index is 2.63. The summed E-state index contributed by atoms with van der Waals surface area (Å²) in [5, 5.41) is 17.1. The zero-order chi connectivity index (χ0) is 13.4. The minimum atomic E-state index is -1.16. The summed E-state index contributed by atoms with van der Waals surface area (Å²) >= 11 is 17.7. The van der Waals surface area contributed by atoms with Crippen molar-refractivity contribution in [3.05, 3.63) is 38.6 Å². The standard InChI is InChI=1S/C10H6Cl3N3O2/c1-4-9(10(17)18)14-15-16(4)8-3-6(12)5(11)2-7(8)13/h2-3H,1H3,(H,17,18). The van der Waals surface area contributed by atoms with Gasteiger partial charge in [-0.2, -0.15) is 0 Å². The van der Waals surface area contributed by atoms with Crippen molar-refractivity contribution in [3.8, 4) is 5.69 Å². The average Bonchev–Trinajstić information content (AvgIpc) is 2.66. The SMILES string of the molecule is Cc1c(C(=O)O)nnn1-c1cc(Cl)c(Cl)cc1Cl. The van der Waals surface area contributed by atoms with Crippen molar-refractivity contribution in [1.82, 2.24) is 15.0 Å². The van der Waals surface area contributed by atoms with Gasteiger partial charge in [0, 0.05) is 0 Å². The number of nitrogens with zero attached hydrogens (tertiary/aromatic N) is 3. The molecule has 0 unspecified atom stereocenters. The molecule has 0 saturated carbocycles. The van der Waals surface area contributed by atoms with Crippen LogP contribution in [0, 0.1) is 6.92 Å². The summed E-state index contributed by atoms with van der Waals surface area (Å²) in [5.41, 5.74) is 0.628. The predicted octanol–water partition coefficient (Wildman–Crippen LogP) is 3.23. The van der Waals surface area contributed by atoms with Gasteiger partial charge in [0.05, 0.1) is 26.4 Å². The number of carboxylic acids is 1. The highest BCUT2D eigenvalue weighted by Gasteiger charge is 2.18. The lowest BCUT2D eigenvalue weighted by Gasteiger charge is -2.07. The van der Waals surface area contributed by atoms with Gasteiger partial charge in [0.25, 0.3) is 0 Å². The zero-order valence-corrected chi connectivity index (χ0v) is 11.3. The highest BCUT2D eigenvalue weighted by atomic mass is 35.5. The minimum Gasteiger partial charge on any atom is -0.476 e. The van der Waals surface area contributed by atoms with Gasteiger partial charge in [-0.05, 0) is 19.1 Å². The van der Waals surface area contributed by atoms with Crippen LogP contribution in [-0.2, 0) is 0 Å². The van der Waals surface area contributed by atoms with Gasteiger partial charge in [-0.3, -0.25) is 0 Å². The molecular formula is C10H6Cl3N3O2. The highest BCUT2D eigenvalue weighted by molar-refractivity contribution is 6.43. The minimum absolute atomic E-state index is 0.142. The molecule has 0 aliphatic heterocycles. The Bertz CT molecular complexity index is 640. The molecular weight excluding hydrogens is 300 g/mol. The Kier molecular flexibility index (Phi) is 3.47. The Labute approximate surface area is 117 Å². The van der Waals surface area contributed by atoms with Crippen molar-refractivity contribution >= 4 is 40.8 Å². The quantitative estimate of drug-likeness (QED) is 0.865. The van der Waals surface area contributed by atoms with Gasteiger partial charge in [0.2, 0.25) is 0 Å². The molecule has 0 atom stereocenters. The van der Waals surface area contributed by atoms with Crippen LogP contribution in [0.2, 0.25) is 15.1 Å². The summed E-state index contributed by atoms with van der Waals surface area (Å²) in [6.45, 7) is 1.57. The van der Waals surface area contributed by atoms with Crippen molar-refractivity contribution in [1.29, 1.82) is 0 Å². The maximum absolute atomic E-state index is 10.9. The van der Waals surface area contributed by atoms with E-state index in [1.165, 1.54) is 16.8 Å². The molecule has 2 aromatic rings. The molecule has 0 bridgehead atoms. The molecule has 0 aliphatic rings. The van der Waals surface area contributed by atoms with Crippen LogP contribution in [-0.4, -0.2) is 26.1 Å². The molecule has 1 N–H and O–H groups in total. The fraction of sp³-hybridized carbons (Fsp3) is 0.100. The number of hydrogen-bond donors (Lipinski definition) is 1. The van der Waals surface area contributed by atoms with E-state index in [9.17, 15) is 4.79 Å². The van der Waals surface area contributed by atoms with Crippen LogP contribution in [0.3, 0.4) is 0 Å². The third-order valence-corrected chi connectivity index (χ3v) is 3.34. The van der Waals surface area contributed by atoms with E-state index in [1.807, 2.05) is 0 Å². The summed E-state index contributed by atoms with van der Waals surface area (Å²) in [5.74, 6) is -1.16. The number of carboxylic acid groups (broad SMARTS) is 1. The van der Waals surface area contributed by atoms with Gasteiger partial charge in [0.1, 0.15) is 0 Å². The van der Waals surface area contributed by atoms with E-state index < -0.39 is 5.97 Å². The van der Waals surface area contributed by atoms with Crippen molar-refractivity contribution in [2.75, 3.05) is 0 Å². The predicted molar refractivity (Wildman–Crippen MR) is 68.1 cm³/mol. The number of carbonyl (C=O) groups is 1. The molecule has 0 spiro atoms. The highest BCUT2D eigenvalue weighted by Crippen LogP contribution is 2.31. The van der Waals surface area contributed by atoms with Gasteiger partial charge in [-0.1, -0.05) is 40.0 Å². The smallest absolute Gasteiger partial charge is 0.358 e. The van der Waals surface area contributed by atoms with E-state index >= 15 is 0 Å². The Morgan fingerprint density at radius 2 is 1.83 bits per heavy atom. The molecule has 1 aromatic carbocycles. The van der Waals surface area contributed by atoms with E-state index in [-0.39, 0.29) is 5.69 Å². The maximum atomic E-state index is 10.9. The second-order valence-electron chi connectivity index (χ2n) is 3.46. The first-order valence-electron chi connectivity index (χ1n) is 4.72. The third kappa shape index (κ3) is 2.16. The first-order valence-corrected chi connectivity index (χ1v) is 5.85. The first kappa shape index (κ1) is 13.1. The maximum Gasteiger partial charge on any atom is 0.358 e. The normalized spacial score (nSPS) is 10.7. The first-order chi connectivity index (χ1) is 8.41. The van der Waals surface area contributed by atoms with Gasteiger partial charge in [0.15, 0.2) is 5.69 Å². The van der Waals surface area contributed by atoms with Gasteiger partial charge >= 0.3 is 5.97 Å². The van der Waals surface area contributed by atoms with Crippen LogP contribution >= 0.6 is 34.8 Å². The fourth-order valence-corrected chi connectivity index (χ4v) is 2.05. The summed E-state index contributed by atoms with van der Waals surface area (Å²) in [7, 11) is 0. The monoisotopic (exact) mass is 305 g/mol. The van der Waals surface area contributed by atoms with E-state index in [0.29, 0.717) is 26.4 Å². The fourth-order valence-electron chi connectivity index (χ4n) is 1.43. The van der Waals surface area contributed by atoms with Crippen LogP contribution in [0.5, 0.6) is 0 Å². The molecule has 0 radical (unpaired) electrons. The second kappa shape index (κ2) is 4.76. The molecule has 0 saturated heterocycles. The Morgan fingerprint density at radius 3 is 2.39 bits per heavy atom. The zero-order valence-electron chi connectivity index (χ0n) is 8.99.